The number of methoxy groups -OCH3 is 2. The van der Waals surface area contributed by atoms with Crippen LogP contribution in [0.4, 0.5) is 11.4 Å². The number of thiocarbonyl (C=S) groups is 1. The van der Waals surface area contributed by atoms with Crippen LogP contribution in [-0.2, 0) is 0 Å². The first-order chi connectivity index (χ1) is 13.5. The molecule has 0 aromatic heterocycles. The number of carbonyl (C=O) groups excluding carboxylic acids is 1. The van der Waals surface area contributed by atoms with E-state index in [4.69, 9.17) is 33.3 Å². The molecule has 1 amide bonds. The summed E-state index contributed by atoms with van der Waals surface area (Å²) in [4.78, 5) is 14.8. The number of hydrogen-bond acceptors (Lipinski definition) is 5. The molecule has 0 bridgehead atoms. The van der Waals surface area contributed by atoms with Crippen molar-refractivity contribution in [1.29, 1.82) is 0 Å². The third-order valence-corrected chi connectivity index (χ3v) is 5.00. The van der Waals surface area contributed by atoms with Crippen LogP contribution in [0.2, 0.25) is 5.02 Å². The van der Waals surface area contributed by atoms with Crippen LogP contribution < -0.4 is 25.0 Å². The third kappa shape index (κ3) is 4.85. The lowest BCUT2D eigenvalue weighted by atomic mass is 10.2. The molecule has 1 aliphatic rings. The first-order valence-corrected chi connectivity index (χ1v) is 9.68. The lowest BCUT2D eigenvalue weighted by Crippen LogP contribution is -2.34. The van der Waals surface area contributed by atoms with Crippen molar-refractivity contribution in [1.82, 2.24) is 5.32 Å². The fourth-order valence-electron chi connectivity index (χ4n) is 3.08. The van der Waals surface area contributed by atoms with Crippen molar-refractivity contribution in [3.8, 4) is 11.5 Å². The van der Waals surface area contributed by atoms with Gasteiger partial charge in [-0.2, -0.15) is 0 Å². The Morgan fingerprint density at radius 1 is 1.07 bits per heavy atom. The number of halogens is 1. The molecule has 0 saturated carbocycles. The Morgan fingerprint density at radius 3 is 2.29 bits per heavy atom. The third-order valence-electron chi connectivity index (χ3n) is 4.49. The van der Waals surface area contributed by atoms with Crippen molar-refractivity contribution in [3.05, 3.63) is 47.0 Å². The number of ether oxygens (including phenoxy) is 2. The second-order valence-electron chi connectivity index (χ2n) is 6.37. The predicted octanol–water partition coefficient (Wildman–Crippen LogP) is 4.08. The Hall–Kier alpha value is -2.51. The van der Waals surface area contributed by atoms with Crippen LogP contribution in [0.5, 0.6) is 11.5 Å². The summed E-state index contributed by atoms with van der Waals surface area (Å²) in [5.41, 5.74) is 2.10. The molecule has 1 fully saturated rings. The molecule has 0 radical (unpaired) electrons. The van der Waals surface area contributed by atoms with E-state index in [0.29, 0.717) is 27.8 Å². The van der Waals surface area contributed by atoms with Crippen LogP contribution in [0.15, 0.2) is 36.4 Å². The molecular formula is C20H22ClN3O3S. The molecule has 0 atom stereocenters. The number of rotatable bonds is 5. The second kappa shape index (κ2) is 9.12. The quantitative estimate of drug-likeness (QED) is 0.712. The largest absolute Gasteiger partial charge is 0.497 e. The highest BCUT2D eigenvalue weighted by Crippen LogP contribution is 2.31. The maximum Gasteiger partial charge on any atom is 0.257 e. The highest BCUT2D eigenvalue weighted by Gasteiger charge is 2.16. The van der Waals surface area contributed by atoms with Gasteiger partial charge in [0.2, 0.25) is 0 Å². The molecule has 2 N–H and O–H groups in total. The molecule has 28 heavy (non-hydrogen) atoms. The van der Waals surface area contributed by atoms with Gasteiger partial charge in [0.25, 0.3) is 5.91 Å². The first kappa shape index (κ1) is 20.2. The predicted molar refractivity (Wildman–Crippen MR) is 116 cm³/mol. The molecule has 148 valence electrons. The Kier molecular flexibility index (Phi) is 6.59. The van der Waals surface area contributed by atoms with E-state index in [9.17, 15) is 4.79 Å². The molecule has 0 aliphatic carbocycles. The van der Waals surface area contributed by atoms with Crippen molar-refractivity contribution in [3.63, 3.8) is 0 Å². The van der Waals surface area contributed by atoms with Crippen LogP contribution in [0.1, 0.15) is 23.2 Å². The number of nitrogens with one attached hydrogen (secondary N) is 2. The Bertz CT molecular complexity index is 863. The van der Waals surface area contributed by atoms with Gasteiger partial charge in [-0.05, 0) is 55.4 Å². The van der Waals surface area contributed by atoms with Gasteiger partial charge in [-0.3, -0.25) is 10.1 Å². The summed E-state index contributed by atoms with van der Waals surface area (Å²) in [7, 11) is 3.05. The smallest absolute Gasteiger partial charge is 0.257 e. The lowest BCUT2D eigenvalue weighted by molar-refractivity contribution is 0.0977. The zero-order valence-corrected chi connectivity index (χ0v) is 17.3. The van der Waals surface area contributed by atoms with E-state index < -0.39 is 0 Å². The number of amides is 1. The fourth-order valence-corrected chi connectivity index (χ4v) is 3.59. The summed E-state index contributed by atoms with van der Waals surface area (Å²) in [6.07, 6.45) is 2.36. The van der Waals surface area contributed by atoms with E-state index in [0.717, 1.165) is 18.8 Å². The number of nitrogens with zero attached hydrogens (tertiary/aromatic N) is 1. The number of anilines is 2. The van der Waals surface area contributed by atoms with Gasteiger partial charge in [0, 0.05) is 30.4 Å². The highest BCUT2D eigenvalue weighted by atomic mass is 35.5. The van der Waals surface area contributed by atoms with Crippen LogP contribution in [0, 0.1) is 0 Å². The Balaban J connectivity index is 1.65. The maximum atomic E-state index is 12.5. The van der Waals surface area contributed by atoms with E-state index in [1.807, 2.05) is 18.2 Å². The molecule has 2 aromatic rings. The van der Waals surface area contributed by atoms with Gasteiger partial charge in [0.15, 0.2) is 5.11 Å². The molecule has 0 spiro atoms. The SMILES string of the molecule is COc1cc(OC)cc(C(=O)NC(=S)Nc2ccc(N3CCCC3)c(Cl)c2)c1. The molecule has 2 aromatic carbocycles. The monoisotopic (exact) mass is 419 g/mol. The van der Waals surface area contributed by atoms with E-state index in [1.165, 1.54) is 27.1 Å². The average Bonchev–Trinajstić information content (AvgIpc) is 3.21. The van der Waals surface area contributed by atoms with Gasteiger partial charge in [-0.1, -0.05) is 11.6 Å². The van der Waals surface area contributed by atoms with Crippen LogP contribution in [-0.4, -0.2) is 38.3 Å². The minimum Gasteiger partial charge on any atom is -0.497 e. The molecular weight excluding hydrogens is 398 g/mol. The maximum absolute atomic E-state index is 12.5. The van der Waals surface area contributed by atoms with E-state index in [1.54, 1.807) is 18.2 Å². The van der Waals surface area contributed by atoms with Crippen LogP contribution in [0.3, 0.4) is 0 Å². The van der Waals surface area contributed by atoms with Crippen molar-refractivity contribution in [2.45, 2.75) is 12.8 Å². The highest BCUT2D eigenvalue weighted by molar-refractivity contribution is 7.80. The number of hydrogen-bond donors (Lipinski definition) is 2. The summed E-state index contributed by atoms with van der Waals surface area (Å²) < 4.78 is 10.4. The van der Waals surface area contributed by atoms with Crippen molar-refractivity contribution < 1.29 is 14.3 Å². The van der Waals surface area contributed by atoms with Gasteiger partial charge >= 0.3 is 0 Å². The summed E-state index contributed by atoms with van der Waals surface area (Å²) >= 11 is 11.7. The molecule has 1 aliphatic heterocycles. The Morgan fingerprint density at radius 2 is 1.71 bits per heavy atom. The van der Waals surface area contributed by atoms with Gasteiger partial charge < -0.3 is 19.7 Å². The van der Waals surface area contributed by atoms with E-state index in [-0.39, 0.29) is 11.0 Å². The van der Waals surface area contributed by atoms with E-state index >= 15 is 0 Å². The van der Waals surface area contributed by atoms with Crippen molar-refractivity contribution in [2.75, 3.05) is 37.5 Å². The molecule has 8 heteroatoms. The van der Waals surface area contributed by atoms with Gasteiger partial charge in [-0.25, -0.2) is 0 Å². The van der Waals surface area contributed by atoms with Crippen LogP contribution >= 0.6 is 23.8 Å². The topological polar surface area (TPSA) is 62.8 Å². The fraction of sp³-hybridized carbons (Fsp3) is 0.300. The lowest BCUT2D eigenvalue weighted by Gasteiger charge is -2.20. The summed E-state index contributed by atoms with van der Waals surface area (Å²) in [6, 6.07) is 10.6. The van der Waals surface area contributed by atoms with E-state index in [2.05, 4.69) is 15.5 Å². The van der Waals surface area contributed by atoms with Gasteiger partial charge in [-0.15, -0.1) is 0 Å². The molecule has 6 nitrogen and oxygen atoms in total. The zero-order chi connectivity index (χ0) is 20.1. The van der Waals surface area contributed by atoms with Gasteiger partial charge in [0.05, 0.1) is 24.9 Å². The standard InChI is InChI=1S/C20H22ClN3O3S/c1-26-15-9-13(10-16(12-15)27-2)19(25)23-20(28)22-14-5-6-18(17(21)11-14)24-7-3-4-8-24/h5-6,9-12H,3-4,7-8H2,1-2H3,(H2,22,23,25,28). The normalized spacial score (nSPS) is 13.2. The van der Waals surface area contributed by atoms with Crippen LogP contribution in [0.25, 0.3) is 0 Å². The minimum absolute atomic E-state index is 0.178. The average molecular weight is 420 g/mol. The number of carbonyl (C=O) groups is 1. The number of benzene rings is 2. The summed E-state index contributed by atoms with van der Waals surface area (Å²) in [5.74, 6) is 0.676. The molecule has 3 rings (SSSR count). The minimum atomic E-state index is -0.366. The second-order valence-corrected chi connectivity index (χ2v) is 7.19. The zero-order valence-electron chi connectivity index (χ0n) is 15.8. The van der Waals surface area contributed by atoms with Crippen molar-refractivity contribution in [2.24, 2.45) is 0 Å². The Labute approximate surface area is 174 Å². The summed E-state index contributed by atoms with van der Waals surface area (Å²) in [6.45, 7) is 2.04. The first-order valence-electron chi connectivity index (χ1n) is 8.90. The molecule has 0 unspecified atom stereocenters. The molecule has 1 saturated heterocycles. The van der Waals surface area contributed by atoms with Gasteiger partial charge in [0.1, 0.15) is 11.5 Å². The van der Waals surface area contributed by atoms with Crippen molar-refractivity contribution >= 4 is 46.2 Å². The summed E-state index contributed by atoms with van der Waals surface area (Å²) in [5, 5.41) is 6.47. The molecule has 1 heterocycles.